The minimum atomic E-state index is -4.24. The highest BCUT2D eigenvalue weighted by Crippen LogP contribution is 2.37. The van der Waals surface area contributed by atoms with E-state index in [1.807, 2.05) is 0 Å². The summed E-state index contributed by atoms with van der Waals surface area (Å²) in [5.74, 6) is 0. The normalized spacial score (nSPS) is 25.3. The molecule has 0 aromatic rings. The second-order valence-electron chi connectivity index (χ2n) is 5.90. The van der Waals surface area contributed by atoms with Crippen LogP contribution in [0.5, 0.6) is 0 Å². The molecule has 1 saturated carbocycles. The van der Waals surface area contributed by atoms with Gasteiger partial charge in [0.2, 0.25) is 0 Å². The molecule has 0 heterocycles. The number of rotatable bonds is 6. The Morgan fingerprint density at radius 1 is 1.37 bits per heavy atom. The lowest BCUT2D eigenvalue weighted by atomic mass is 9.95. The van der Waals surface area contributed by atoms with Gasteiger partial charge in [0.05, 0.1) is 14.8 Å². The van der Waals surface area contributed by atoms with Gasteiger partial charge in [-0.25, -0.2) is 0 Å². The fraction of sp³-hybridized carbons (Fsp3) is 0.846. The van der Waals surface area contributed by atoms with Gasteiger partial charge < -0.3 is 4.74 Å². The second-order valence-corrected chi connectivity index (χ2v) is 10.8. The van der Waals surface area contributed by atoms with Gasteiger partial charge in [-0.15, -0.1) is 12.3 Å². The molecule has 1 rings (SSSR count). The number of hydrogen-bond acceptors (Lipinski definition) is 2. The van der Waals surface area contributed by atoms with E-state index in [9.17, 15) is 13.2 Å². The average Bonchev–Trinajstić information content (AvgIpc) is 2.34. The van der Waals surface area contributed by atoms with E-state index in [2.05, 4.69) is 35.4 Å². The van der Waals surface area contributed by atoms with E-state index in [0.717, 1.165) is 19.3 Å². The largest absolute Gasteiger partial charge is 0.411 e. The van der Waals surface area contributed by atoms with E-state index in [1.54, 1.807) is 0 Å². The molecule has 1 aliphatic carbocycles. The lowest BCUT2D eigenvalue weighted by molar-refractivity contribution is -0.176. The SMILES string of the molecule is C=C[Si](C)(C)C1CCCC(NCOCC(F)(F)F)C1. The van der Waals surface area contributed by atoms with Crippen LogP contribution in [0.3, 0.4) is 0 Å². The number of nitrogens with one attached hydrogen (secondary N) is 1. The van der Waals surface area contributed by atoms with Crippen molar-refractivity contribution in [1.82, 2.24) is 5.32 Å². The topological polar surface area (TPSA) is 21.3 Å². The van der Waals surface area contributed by atoms with Crippen molar-refractivity contribution in [3.05, 3.63) is 12.3 Å². The molecule has 2 atom stereocenters. The Kier molecular flexibility index (Phi) is 6.07. The highest BCUT2D eigenvalue weighted by atomic mass is 28.3. The highest BCUT2D eigenvalue weighted by Gasteiger charge is 2.33. The molecule has 0 spiro atoms. The first kappa shape index (κ1) is 16.7. The molecular weight excluding hydrogens is 271 g/mol. The predicted molar refractivity (Wildman–Crippen MR) is 73.7 cm³/mol. The Bertz CT molecular complexity index is 294. The summed E-state index contributed by atoms with van der Waals surface area (Å²) in [5, 5.41) is 3.09. The van der Waals surface area contributed by atoms with Gasteiger partial charge in [0.15, 0.2) is 0 Å². The van der Waals surface area contributed by atoms with Crippen LogP contribution < -0.4 is 5.32 Å². The van der Waals surface area contributed by atoms with Crippen molar-refractivity contribution >= 4 is 8.07 Å². The van der Waals surface area contributed by atoms with Crippen LogP contribution in [0.1, 0.15) is 25.7 Å². The predicted octanol–water partition coefficient (Wildman–Crippen LogP) is 3.86. The maximum absolute atomic E-state index is 11.9. The molecule has 0 aliphatic heterocycles. The third kappa shape index (κ3) is 6.10. The Morgan fingerprint density at radius 2 is 2.05 bits per heavy atom. The summed E-state index contributed by atoms with van der Waals surface area (Å²) in [4.78, 5) is 0. The molecule has 2 unspecified atom stereocenters. The highest BCUT2D eigenvalue weighted by molar-refractivity contribution is 6.83. The van der Waals surface area contributed by atoms with Crippen LogP contribution in [0.25, 0.3) is 0 Å². The molecule has 0 aromatic heterocycles. The molecule has 6 heteroatoms. The van der Waals surface area contributed by atoms with Crippen molar-refractivity contribution in [3.63, 3.8) is 0 Å². The zero-order valence-corrected chi connectivity index (χ0v) is 12.7. The van der Waals surface area contributed by atoms with Gasteiger partial charge in [-0.2, -0.15) is 13.2 Å². The number of ether oxygens (including phenoxy) is 1. The van der Waals surface area contributed by atoms with Gasteiger partial charge in [-0.3, -0.25) is 5.32 Å². The minimum Gasteiger partial charge on any atom is -0.357 e. The number of halogens is 3. The molecule has 0 bridgehead atoms. The maximum Gasteiger partial charge on any atom is 0.411 e. The van der Waals surface area contributed by atoms with Gasteiger partial charge in [-0.05, 0) is 18.4 Å². The fourth-order valence-electron chi connectivity index (χ4n) is 2.56. The van der Waals surface area contributed by atoms with Crippen molar-refractivity contribution in [3.8, 4) is 0 Å². The first-order chi connectivity index (χ1) is 8.74. The summed E-state index contributed by atoms with van der Waals surface area (Å²) >= 11 is 0. The van der Waals surface area contributed by atoms with Gasteiger partial charge in [-0.1, -0.05) is 25.9 Å². The zero-order valence-electron chi connectivity index (χ0n) is 11.7. The standard InChI is InChI=1S/C13H24F3NOSi/c1-4-19(2,3)12-7-5-6-11(8-12)17-10-18-9-13(14,15)16/h4,11-12,17H,1,5-10H2,2-3H3. The van der Waals surface area contributed by atoms with Gasteiger partial charge >= 0.3 is 6.18 Å². The average molecular weight is 295 g/mol. The summed E-state index contributed by atoms with van der Waals surface area (Å²) in [6.45, 7) is 7.33. The van der Waals surface area contributed by atoms with Crippen LogP contribution in [0, 0.1) is 0 Å². The summed E-state index contributed by atoms with van der Waals surface area (Å²) in [6.07, 6.45) is 0.154. The molecule has 19 heavy (non-hydrogen) atoms. The molecular formula is C13H24F3NOSi. The molecule has 1 N–H and O–H groups in total. The van der Waals surface area contributed by atoms with E-state index < -0.39 is 20.9 Å². The van der Waals surface area contributed by atoms with Crippen molar-refractivity contribution in [2.75, 3.05) is 13.3 Å². The molecule has 0 aromatic carbocycles. The summed E-state index contributed by atoms with van der Waals surface area (Å²) < 4.78 is 40.4. The fourth-order valence-corrected chi connectivity index (χ4v) is 4.73. The van der Waals surface area contributed by atoms with Crippen LogP contribution in [0.15, 0.2) is 12.3 Å². The van der Waals surface area contributed by atoms with Crippen LogP contribution in [0.2, 0.25) is 18.6 Å². The molecule has 0 saturated heterocycles. The number of alkyl halides is 3. The van der Waals surface area contributed by atoms with Crippen molar-refractivity contribution in [2.24, 2.45) is 0 Å². The van der Waals surface area contributed by atoms with Gasteiger partial charge in [0.25, 0.3) is 0 Å². The van der Waals surface area contributed by atoms with E-state index in [4.69, 9.17) is 0 Å². The lowest BCUT2D eigenvalue weighted by Gasteiger charge is -2.37. The Balaban J connectivity index is 2.30. The third-order valence-electron chi connectivity index (χ3n) is 3.99. The van der Waals surface area contributed by atoms with E-state index in [1.165, 1.54) is 6.42 Å². The molecule has 2 nitrogen and oxygen atoms in total. The molecule has 1 aliphatic rings. The Hall–Kier alpha value is -0.333. The van der Waals surface area contributed by atoms with E-state index in [0.29, 0.717) is 5.54 Å². The summed E-state index contributed by atoms with van der Waals surface area (Å²) in [6, 6.07) is 0.277. The minimum absolute atomic E-state index is 0.0209. The summed E-state index contributed by atoms with van der Waals surface area (Å²) in [7, 11) is -1.39. The molecule has 0 radical (unpaired) electrons. The third-order valence-corrected chi connectivity index (χ3v) is 7.67. The number of hydrogen-bond donors (Lipinski definition) is 1. The van der Waals surface area contributed by atoms with Crippen LogP contribution in [-0.4, -0.2) is 33.6 Å². The van der Waals surface area contributed by atoms with Crippen LogP contribution in [0.4, 0.5) is 13.2 Å². The first-order valence-corrected chi connectivity index (χ1v) is 9.91. The molecule has 0 amide bonds. The van der Waals surface area contributed by atoms with Crippen molar-refractivity contribution < 1.29 is 17.9 Å². The second kappa shape index (κ2) is 6.90. The summed E-state index contributed by atoms with van der Waals surface area (Å²) in [5.41, 5.74) is 2.78. The Morgan fingerprint density at radius 3 is 2.63 bits per heavy atom. The quantitative estimate of drug-likeness (QED) is 0.456. The van der Waals surface area contributed by atoms with Gasteiger partial charge in [0.1, 0.15) is 6.61 Å². The van der Waals surface area contributed by atoms with E-state index in [-0.39, 0.29) is 12.8 Å². The zero-order chi connectivity index (χ0) is 14.5. The monoisotopic (exact) mass is 295 g/mol. The van der Waals surface area contributed by atoms with Gasteiger partial charge in [0, 0.05) is 6.04 Å². The Labute approximate surface area is 114 Å². The maximum atomic E-state index is 11.9. The molecule has 112 valence electrons. The van der Waals surface area contributed by atoms with Crippen molar-refractivity contribution in [1.29, 1.82) is 0 Å². The van der Waals surface area contributed by atoms with Crippen molar-refractivity contribution in [2.45, 2.75) is 56.5 Å². The molecule has 1 fully saturated rings. The smallest absolute Gasteiger partial charge is 0.357 e. The first-order valence-electron chi connectivity index (χ1n) is 6.76. The lowest BCUT2D eigenvalue weighted by Crippen LogP contribution is -2.41. The van der Waals surface area contributed by atoms with Crippen LogP contribution in [-0.2, 0) is 4.74 Å². The van der Waals surface area contributed by atoms with E-state index >= 15 is 0 Å². The van der Waals surface area contributed by atoms with Crippen LogP contribution >= 0.6 is 0 Å².